The molecule has 2 fully saturated rings. The van der Waals surface area contributed by atoms with Crippen LogP contribution in [0.5, 0.6) is 0 Å². The number of carboxylic acid groups (broad SMARTS) is 1. The fourth-order valence-electron chi connectivity index (χ4n) is 1.91. The third kappa shape index (κ3) is 4.67. The number of carbonyl (C=O) groups excluding carboxylic acids is 1. The third-order valence-corrected chi connectivity index (χ3v) is 3.77. The Hall–Kier alpha value is -2.16. The van der Waals surface area contributed by atoms with Gasteiger partial charge in [0, 0.05) is 0 Å². The highest BCUT2D eigenvalue weighted by molar-refractivity contribution is 6.00. The topological polar surface area (TPSA) is 92.4 Å². The zero-order valence-corrected chi connectivity index (χ0v) is 12.5. The molecule has 0 aliphatic heterocycles. The number of benzene rings is 1. The molecule has 0 atom stereocenters. The van der Waals surface area contributed by atoms with Crippen molar-refractivity contribution in [1.29, 1.82) is 0 Å². The monoisotopic (exact) mass is 348 g/mol. The lowest BCUT2D eigenvalue weighted by Crippen LogP contribution is -2.38. The van der Waals surface area contributed by atoms with E-state index in [4.69, 9.17) is 15.6 Å². The standard InChI is InChI=1S/C13H15FN2O.C2HF3O2/c14-10-7-9(8-1-2-8)3-4-11(10)16-12(17)13(15)5-6-13;3-2(4,5)1(6)7/h3-4,7-8H,1-2,5-6,15H2,(H,16,17);(H,6,7). The number of aliphatic carboxylic acids is 1. The van der Waals surface area contributed by atoms with Crippen LogP contribution in [0.3, 0.4) is 0 Å². The summed E-state index contributed by atoms with van der Waals surface area (Å²) in [7, 11) is 0. The molecular weight excluding hydrogens is 332 g/mol. The molecule has 0 saturated heterocycles. The number of anilines is 1. The fourth-order valence-corrected chi connectivity index (χ4v) is 1.91. The lowest BCUT2D eigenvalue weighted by Gasteiger charge is -2.11. The van der Waals surface area contributed by atoms with Gasteiger partial charge in [0.15, 0.2) is 0 Å². The summed E-state index contributed by atoms with van der Waals surface area (Å²) in [5.74, 6) is -2.89. The molecule has 2 aliphatic carbocycles. The van der Waals surface area contributed by atoms with E-state index in [9.17, 15) is 22.4 Å². The number of hydrogen-bond donors (Lipinski definition) is 3. The summed E-state index contributed by atoms with van der Waals surface area (Å²) in [6.07, 6.45) is -1.45. The van der Waals surface area contributed by atoms with Gasteiger partial charge in [-0.25, -0.2) is 9.18 Å². The second kappa shape index (κ2) is 6.39. The Balaban J connectivity index is 0.000000256. The lowest BCUT2D eigenvalue weighted by atomic mass is 10.1. The van der Waals surface area contributed by atoms with E-state index in [0.29, 0.717) is 18.8 Å². The zero-order valence-electron chi connectivity index (χ0n) is 12.5. The van der Waals surface area contributed by atoms with Gasteiger partial charge in [0.25, 0.3) is 0 Å². The normalized spacial score (nSPS) is 18.2. The maximum Gasteiger partial charge on any atom is 0.490 e. The Kier molecular flexibility index (Phi) is 4.84. The average Bonchev–Trinajstić information content (AvgIpc) is 3.36. The minimum Gasteiger partial charge on any atom is -0.475 e. The van der Waals surface area contributed by atoms with Gasteiger partial charge in [0.1, 0.15) is 5.82 Å². The van der Waals surface area contributed by atoms with Crippen molar-refractivity contribution >= 4 is 17.6 Å². The van der Waals surface area contributed by atoms with Crippen molar-refractivity contribution in [2.75, 3.05) is 5.32 Å². The molecule has 0 heterocycles. The third-order valence-electron chi connectivity index (χ3n) is 3.77. The number of rotatable bonds is 3. The second-order valence-corrected chi connectivity index (χ2v) is 5.93. The number of alkyl halides is 3. The molecule has 24 heavy (non-hydrogen) atoms. The molecule has 4 N–H and O–H groups in total. The first-order valence-electron chi connectivity index (χ1n) is 7.23. The Labute approximate surface area is 134 Å². The first kappa shape index (κ1) is 18.2. The van der Waals surface area contributed by atoms with Crippen molar-refractivity contribution in [2.45, 2.75) is 43.3 Å². The summed E-state index contributed by atoms with van der Waals surface area (Å²) in [6, 6.07) is 5.03. The van der Waals surface area contributed by atoms with Crippen LogP contribution in [0.25, 0.3) is 0 Å². The average molecular weight is 348 g/mol. The summed E-state index contributed by atoms with van der Waals surface area (Å²) in [4.78, 5) is 20.6. The Morgan fingerprint density at radius 3 is 2.17 bits per heavy atom. The van der Waals surface area contributed by atoms with Gasteiger partial charge in [0.05, 0.1) is 11.2 Å². The molecule has 1 aromatic rings. The van der Waals surface area contributed by atoms with Gasteiger partial charge in [-0.1, -0.05) is 6.07 Å². The fraction of sp³-hybridized carbons (Fsp3) is 0.467. The summed E-state index contributed by atoms with van der Waals surface area (Å²) >= 11 is 0. The van der Waals surface area contributed by atoms with E-state index >= 15 is 0 Å². The second-order valence-electron chi connectivity index (χ2n) is 5.93. The van der Waals surface area contributed by atoms with Crippen molar-refractivity contribution in [3.8, 4) is 0 Å². The minimum atomic E-state index is -5.08. The van der Waals surface area contributed by atoms with Crippen molar-refractivity contribution in [3.05, 3.63) is 29.6 Å². The molecule has 2 saturated carbocycles. The molecule has 3 rings (SSSR count). The van der Waals surface area contributed by atoms with E-state index < -0.39 is 17.7 Å². The van der Waals surface area contributed by atoms with E-state index in [1.54, 1.807) is 6.07 Å². The number of nitrogens with two attached hydrogens (primary N) is 1. The van der Waals surface area contributed by atoms with Crippen LogP contribution >= 0.6 is 0 Å². The SMILES string of the molecule is NC1(C(=O)Nc2ccc(C3CC3)cc2F)CC1.O=C(O)C(F)(F)F. The van der Waals surface area contributed by atoms with Gasteiger partial charge in [-0.3, -0.25) is 4.79 Å². The van der Waals surface area contributed by atoms with Crippen molar-refractivity contribution in [1.82, 2.24) is 0 Å². The van der Waals surface area contributed by atoms with Crippen molar-refractivity contribution < 1.29 is 32.3 Å². The predicted molar refractivity (Wildman–Crippen MR) is 76.8 cm³/mol. The van der Waals surface area contributed by atoms with Gasteiger partial charge >= 0.3 is 12.1 Å². The maximum atomic E-state index is 13.8. The highest BCUT2D eigenvalue weighted by atomic mass is 19.4. The Morgan fingerprint density at radius 1 is 1.25 bits per heavy atom. The van der Waals surface area contributed by atoms with Crippen LogP contribution in [-0.2, 0) is 9.59 Å². The number of halogens is 4. The molecule has 0 unspecified atom stereocenters. The van der Waals surface area contributed by atoms with Gasteiger partial charge in [0.2, 0.25) is 5.91 Å². The summed E-state index contributed by atoms with van der Waals surface area (Å²) in [6.45, 7) is 0. The van der Waals surface area contributed by atoms with Crippen LogP contribution in [0.2, 0.25) is 0 Å². The van der Waals surface area contributed by atoms with E-state index in [1.807, 2.05) is 6.07 Å². The Morgan fingerprint density at radius 2 is 1.79 bits per heavy atom. The highest BCUT2D eigenvalue weighted by Gasteiger charge is 2.46. The zero-order chi connectivity index (χ0) is 18.1. The number of amides is 1. The van der Waals surface area contributed by atoms with Crippen LogP contribution in [0.15, 0.2) is 18.2 Å². The summed E-state index contributed by atoms with van der Waals surface area (Å²) in [5.41, 5.74) is 6.23. The summed E-state index contributed by atoms with van der Waals surface area (Å²) < 4.78 is 45.5. The van der Waals surface area contributed by atoms with Gasteiger partial charge < -0.3 is 16.2 Å². The smallest absolute Gasteiger partial charge is 0.475 e. The molecule has 0 radical (unpaired) electrons. The largest absolute Gasteiger partial charge is 0.490 e. The highest BCUT2D eigenvalue weighted by Crippen LogP contribution is 2.41. The van der Waals surface area contributed by atoms with E-state index in [2.05, 4.69) is 5.32 Å². The number of carboxylic acids is 1. The first-order valence-corrected chi connectivity index (χ1v) is 7.23. The van der Waals surface area contributed by atoms with Crippen LogP contribution in [0, 0.1) is 5.82 Å². The molecule has 0 bridgehead atoms. The van der Waals surface area contributed by atoms with Crippen molar-refractivity contribution in [2.24, 2.45) is 5.73 Å². The van der Waals surface area contributed by atoms with E-state index in [-0.39, 0.29) is 17.4 Å². The van der Waals surface area contributed by atoms with Gasteiger partial charge in [-0.2, -0.15) is 13.2 Å². The number of carbonyl (C=O) groups is 2. The van der Waals surface area contributed by atoms with Crippen LogP contribution in [-0.4, -0.2) is 28.7 Å². The first-order chi connectivity index (χ1) is 11.0. The van der Waals surface area contributed by atoms with Crippen LogP contribution < -0.4 is 11.1 Å². The van der Waals surface area contributed by atoms with Crippen LogP contribution in [0.1, 0.15) is 37.2 Å². The number of nitrogens with one attached hydrogen (secondary N) is 1. The molecule has 5 nitrogen and oxygen atoms in total. The minimum absolute atomic E-state index is 0.233. The van der Waals surface area contributed by atoms with Gasteiger partial charge in [-0.05, 0) is 49.3 Å². The Bertz CT molecular complexity index is 653. The van der Waals surface area contributed by atoms with Crippen LogP contribution in [0.4, 0.5) is 23.2 Å². The molecule has 132 valence electrons. The number of hydrogen-bond acceptors (Lipinski definition) is 3. The van der Waals surface area contributed by atoms with E-state index in [0.717, 1.165) is 18.4 Å². The molecular formula is C15H16F4N2O3. The molecule has 1 aromatic carbocycles. The molecule has 0 aromatic heterocycles. The molecule has 1 amide bonds. The molecule has 9 heteroatoms. The summed E-state index contributed by atoms with van der Waals surface area (Å²) in [5, 5.41) is 9.69. The molecule has 0 spiro atoms. The van der Waals surface area contributed by atoms with Gasteiger partial charge in [-0.15, -0.1) is 0 Å². The lowest BCUT2D eigenvalue weighted by molar-refractivity contribution is -0.192. The predicted octanol–water partition coefficient (Wildman–Crippen LogP) is 2.77. The molecule has 2 aliphatic rings. The maximum absolute atomic E-state index is 13.8. The van der Waals surface area contributed by atoms with E-state index in [1.165, 1.54) is 6.07 Å². The van der Waals surface area contributed by atoms with Crippen molar-refractivity contribution in [3.63, 3.8) is 0 Å². The quantitative estimate of drug-likeness (QED) is 0.733.